The SMILES string of the molecule is CC(C)C(N)C(=O)NC(C(=O)NC(Cc1c[nH]c2ccccc12)C(=O)NC(Cc1cnc[nH]1)C(=O)O)C(C)C. The van der Waals surface area contributed by atoms with Crippen LogP contribution in [0.5, 0.6) is 0 Å². The molecule has 1 aromatic carbocycles. The molecule has 210 valence electrons. The summed E-state index contributed by atoms with van der Waals surface area (Å²) in [6.45, 7) is 7.15. The molecule has 0 saturated heterocycles. The highest BCUT2D eigenvalue weighted by molar-refractivity contribution is 5.95. The fourth-order valence-corrected chi connectivity index (χ4v) is 4.17. The maximum Gasteiger partial charge on any atom is 0.326 e. The third-order valence-corrected chi connectivity index (χ3v) is 6.59. The van der Waals surface area contributed by atoms with Gasteiger partial charge >= 0.3 is 5.97 Å². The van der Waals surface area contributed by atoms with Crippen molar-refractivity contribution in [3.05, 3.63) is 54.2 Å². The number of carboxylic acid groups (broad SMARTS) is 1. The zero-order valence-electron chi connectivity index (χ0n) is 22.5. The Morgan fingerprint density at radius 3 is 2.21 bits per heavy atom. The molecule has 0 aliphatic carbocycles. The monoisotopic (exact) mass is 539 g/mol. The van der Waals surface area contributed by atoms with Crippen molar-refractivity contribution in [3.8, 4) is 0 Å². The number of benzene rings is 1. The second kappa shape index (κ2) is 13.1. The van der Waals surface area contributed by atoms with Crippen molar-refractivity contribution in [2.45, 2.75) is 64.7 Å². The Morgan fingerprint density at radius 2 is 1.59 bits per heavy atom. The highest BCUT2D eigenvalue weighted by Crippen LogP contribution is 2.19. The quantitative estimate of drug-likeness (QED) is 0.167. The van der Waals surface area contributed by atoms with Gasteiger partial charge < -0.3 is 36.8 Å². The molecule has 0 saturated carbocycles. The Labute approximate surface area is 226 Å². The van der Waals surface area contributed by atoms with Gasteiger partial charge in [0.2, 0.25) is 17.7 Å². The first-order valence-corrected chi connectivity index (χ1v) is 12.9. The number of H-pyrrole nitrogens is 2. The summed E-state index contributed by atoms with van der Waals surface area (Å²) in [5.41, 5.74) is 8.12. The average molecular weight is 540 g/mol. The first kappa shape index (κ1) is 29.4. The molecule has 0 aliphatic rings. The number of aliphatic carboxylic acids is 1. The van der Waals surface area contributed by atoms with Crippen molar-refractivity contribution in [1.29, 1.82) is 0 Å². The maximum atomic E-state index is 13.5. The van der Waals surface area contributed by atoms with Gasteiger partial charge in [-0.15, -0.1) is 0 Å². The minimum Gasteiger partial charge on any atom is -0.480 e. The lowest BCUT2D eigenvalue weighted by atomic mass is 9.99. The molecule has 0 fully saturated rings. The predicted octanol–water partition coefficient (Wildman–Crippen LogP) is 0.855. The Morgan fingerprint density at radius 1 is 0.897 bits per heavy atom. The van der Waals surface area contributed by atoms with Crippen LogP contribution in [0.4, 0.5) is 0 Å². The molecule has 0 spiro atoms. The summed E-state index contributed by atoms with van der Waals surface area (Å²) < 4.78 is 0. The Balaban J connectivity index is 1.85. The molecule has 0 bridgehead atoms. The molecule has 0 aliphatic heterocycles. The number of fused-ring (bicyclic) bond motifs is 1. The lowest BCUT2D eigenvalue weighted by Crippen LogP contribution is -2.59. The van der Waals surface area contributed by atoms with E-state index in [4.69, 9.17) is 5.73 Å². The summed E-state index contributed by atoms with van der Waals surface area (Å²) in [5, 5.41) is 18.6. The van der Waals surface area contributed by atoms with Gasteiger partial charge in [0, 0.05) is 41.8 Å². The highest BCUT2D eigenvalue weighted by atomic mass is 16.4. The van der Waals surface area contributed by atoms with Gasteiger partial charge in [0.1, 0.15) is 18.1 Å². The van der Waals surface area contributed by atoms with Crippen molar-refractivity contribution in [3.63, 3.8) is 0 Å². The molecule has 3 amide bonds. The molecule has 2 aromatic heterocycles. The first-order chi connectivity index (χ1) is 18.5. The Bertz CT molecular complexity index is 1280. The summed E-state index contributed by atoms with van der Waals surface area (Å²) in [4.78, 5) is 61.3. The van der Waals surface area contributed by atoms with E-state index in [2.05, 4.69) is 30.9 Å². The minimum absolute atomic E-state index is 0.0212. The number of nitrogens with zero attached hydrogens (tertiary/aromatic N) is 1. The first-order valence-electron chi connectivity index (χ1n) is 12.9. The summed E-state index contributed by atoms with van der Waals surface area (Å²) in [6.07, 6.45) is 4.71. The molecule has 3 rings (SSSR count). The number of rotatable bonds is 13. The van der Waals surface area contributed by atoms with E-state index in [0.717, 1.165) is 16.5 Å². The molecule has 39 heavy (non-hydrogen) atoms. The second-order valence-electron chi connectivity index (χ2n) is 10.3. The lowest BCUT2D eigenvalue weighted by molar-refractivity contribution is -0.142. The van der Waals surface area contributed by atoms with Crippen molar-refractivity contribution in [1.82, 2.24) is 30.9 Å². The van der Waals surface area contributed by atoms with Crippen LogP contribution in [0.3, 0.4) is 0 Å². The van der Waals surface area contributed by atoms with Crippen molar-refractivity contribution >= 4 is 34.6 Å². The van der Waals surface area contributed by atoms with E-state index >= 15 is 0 Å². The van der Waals surface area contributed by atoms with Gasteiger partial charge in [0.05, 0.1) is 12.4 Å². The van der Waals surface area contributed by atoms with Crippen LogP contribution in [-0.2, 0) is 32.0 Å². The third kappa shape index (κ3) is 7.66. The van der Waals surface area contributed by atoms with E-state index < -0.39 is 47.9 Å². The fourth-order valence-electron chi connectivity index (χ4n) is 4.17. The number of carbonyl (C=O) groups excluding carboxylic acids is 3. The molecule has 0 radical (unpaired) electrons. The summed E-state index contributed by atoms with van der Waals surface area (Å²) >= 11 is 0. The normalized spacial score (nSPS) is 14.5. The van der Waals surface area contributed by atoms with Crippen LogP contribution in [-0.4, -0.2) is 67.9 Å². The van der Waals surface area contributed by atoms with Gasteiger partial charge in [-0.1, -0.05) is 45.9 Å². The van der Waals surface area contributed by atoms with Gasteiger partial charge in [0.25, 0.3) is 0 Å². The molecule has 4 unspecified atom stereocenters. The van der Waals surface area contributed by atoms with E-state index in [1.54, 1.807) is 33.9 Å². The average Bonchev–Trinajstić information content (AvgIpc) is 3.55. The van der Waals surface area contributed by atoms with Crippen LogP contribution in [0.25, 0.3) is 10.9 Å². The Kier molecular flexibility index (Phi) is 9.83. The van der Waals surface area contributed by atoms with Crippen molar-refractivity contribution < 1.29 is 24.3 Å². The minimum atomic E-state index is -1.26. The van der Waals surface area contributed by atoms with E-state index in [1.807, 2.05) is 24.3 Å². The highest BCUT2D eigenvalue weighted by Gasteiger charge is 2.32. The van der Waals surface area contributed by atoms with Gasteiger partial charge in [-0.05, 0) is 23.5 Å². The summed E-state index contributed by atoms with van der Waals surface area (Å²) in [6, 6.07) is 3.37. The predicted molar refractivity (Wildman–Crippen MR) is 145 cm³/mol. The number of aromatic nitrogens is 3. The van der Waals surface area contributed by atoms with Gasteiger partial charge in [-0.3, -0.25) is 14.4 Å². The van der Waals surface area contributed by atoms with Gasteiger partial charge in [-0.2, -0.15) is 0 Å². The van der Waals surface area contributed by atoms with Crippen LogP contribution in [0.1, 0.15) is 39.0 Å². The second-order valence-corrected chi connectivity index (χ2v) is 10.3. The van der Waals surface area contributed by atoms with Crippen molar-refractivity contribution in [2.75, 3.05) is 0 Å². The largest absolute Gasteiger partial charge is 0.480 e. The van der Waals surface area contributed by atoms with Crippen molar-refractivity contribution in [2.24, 2.45) is 17.6 Å². The third-order valence-electron chi connectivity index (χ3n) is 6.59. The standard InChI is InChI=1S/C27H37N7O5/c1-14(2)22(28)25(36)34-23(15(3)4)26(37)32-20(9-16-11-30-19-8-6-5-7-18(16)19)24(35)33-21(27(38)39)10-17-12-29-13-31-17/h5-8,11-15,20-23,30H,9-10,28H2,1-4H3,(H,29,31)(H,32,37)(H,33,35)(H,34,36)(H,38,39). The van der Waals surface area contributed by atoms with Crippen LogP contribution in [0, 0.1) is 11.8 Å². The molecular formula is C27H37N7O5. The molecule has 2 heterocycles. The van der Waals surface area contributed by atoms with Crippen LogP contribution < -0.4 is 21.7 Å². The molecular weight excluding hydrogens is 502 g/mol. The smallest absolute Gasteiger partial charge is 0.326 e. The number of nitrogens with two attached hydrogens (primary N) is 1. The number of nitrogens with one attached hydrogen (secondary N) is 5. The molecule has 3 aromatic rings. The fraction of sp³-hybridized carbons (Fsp3) is 0.444. The molecule has 12 nitrogen and oxygen atoms in total. The number of para-hydroxylation sites is 1. The molecule has 12 heteroatoms. The summed E-state index contributed by atoms with van der Waals surface area (Å²) in [7, 11) is 0. The van der Waals surface area contributed by atoms with E-state index in [1.165, 1.54) is 12.5 Å². The number of hydrogen-bond donors (Lipinski definition) is 7. The molecule has 4 atom stereocenters. The van der Waals surface area contributed by atoms with Crippen LogP contribution in [0.15, 0.2) is 43.0 Å². The molecule has 8 N–H and O–H groups in total. The number of hydrogen-bond acceptors (Lipinski definition) is 6. The van der Waals surface area contributed by atoms with Gasteiger partial charge in [-0.25, -0.2) is 9.78 Å². The number of amides is 3. The lowest BCUT2D eigenvalue weighted by Gasteiger charge is -2.27. The number of imidazole rings is 1. The topological polar surface area (TPSA) is 195 Å². The zero-order valence-corrected chi connectivity index (χ0v) is 22.5. The van der Waals surface area contributed by atoms with E-state index in [9.17, 15) is 24.3 Å². The van der Waals surface area contributed by atoms with E-state index in [0.29, 0.717) is 5.69 Å². The number of aromatic amines is 2. The van der Waals surface area contributed by atoms with Gasteiger partial charge in [0.15, 0.2) is 0 Å². The van der Waals surface area contributed by atoms with Crippen LogP contribution in [0.2, 0.25) is 0 Å². The Hall–Kier alpha value is -4.19. The number of carboxylic acids is 1. The van der Waals surface area contributed by atoms with E-state index in [-0.39, 0.29) is 24.7 Å². The van der Waals surface area contributed by atoms with Crippen LogP contribution >= 0.6 is 0 Å². The summed E-state index contributed by atoms with van der Waals surface area (Å²) in [5.74, 6) is -3.39. The maximum absolute atomic E-state index is 13.5. The number of carbonyl (C=O) groups is 4. The zero-order chi connectivity index (χ0) is 28.7.